The maximum Gasteiger partial charge on any atom is 0.257 e. The minimum atomic E-state index is 0. The van der Waals surface area contributed by atoms with Crippen molar-refractivity contribution in [3.8, 4) is 5.75 Å². The Morgan fingerprint density at radius 3 is 2.59 bits per heavy atom. The second kappa shape index (κ2) is 12.5. The second-order valence-corrected chi connectivity index (χ2v) is 6.77. The van der Waals surface area contributed by atoms with Gasteiger partial charge in [-0.2, -0.15) is 0 Å². The standard InChI is InChI=1S/C21H28N4O2.2ClH/c1-3-22-15-16-10-13-25(14-11-16)21(26)17-7-6-12-23-20(17)24-18-8-4-5-9-19(18)27-2;;/h4-9,12,16,22H,3,10-11,13-15H2,1-2H3,(H,23,24);2*1H. The van der Waals surface area contributed by atoms with Crippen LogP contribution in [0.3, 0.4) is 0 Å². The molecule has 2 N–H and O–H groups in total. The molecule has 0 spiro atoms. The summed E-state index contributed by atoms with van der Waals surface area (Å²) >= 11 is 0. The Labute approximate surface area is 185 Å². The van der Waals surface area contributed by atoms with Crippen LogP contribution in [0.25, 0.3) is 0 Å². The molecular formula is C21H30Cl2N4O2. The molecule has 1 fully saturated rings. The van der Waals surface area contributed by atoms with E-state index in [9.17, 15) is 4.79 Å². The topological polar surface area (TPSA) is 66.5 Å². The third-order valence-corrected chi connectivity index (χ3v) is 4.98. The zero-order valence-corrected chi connectivity index (χ0v) is 18.5. The molecule has 160 valence electrons. The van der Waals surface area contributed by atoms with E-state index < -0.39 is 0 Å². The maximum atomic E-state index is 13.1. The molecule has 6 nitrogen and oxygen atoms in total. The fourth-order valence-corrected chi connectivity index (χ4v) is 3.41. The molecule has 2 heterocycles. The number of carbonyl (C=O) groups excluding carboxylic acids is 1. The third-order valence-electron chi connectivity index (χ3n) is 4.98. The zero-order chi connectivity index (χ0) is 19.1. The predicted octanol–water partition coefficient (Wildman–Crippen LogP) is 4.14. The average molecular weight is 441 g/mol. The quantitative estimate of drug-likeness (QED) is 0.676. The fraction of sp³-hybridized carbons (Fsp3) is 0.429. The van der Waals surface area contributed by atoms with E-state index in [0.717, 1.165) is 44.7 Å². The Kier molecular flexibility index (Phi) is 10.8. The summed E-state index contributed by atoms with van der Waals surface area (Å²) in [6.45, 7) is 5.73. The number of carbonyl (C=O) groups is 1. The summed E-state index contributed by atoms with van der Waals surface area (Å²) in [6, 6.07) is 11.3. The Bertz CT molecular complexity index is 768. The molecule has 0 aliphatic carbocycles. The van der Waals surface area contributed by atoms with Crippen LogP contribution in [0.5, 0.6) is 5.75 Å². The van der Waals surface area contributed by atoms with Gasteiger partial charge >= 0.3 is 0 Å². The maximum absolute atomic E-state index is 13.1. The lowest BCUT2D eigenvalue weighted by atomic mass is 9.96. The van der Waals surface area contributed by atoms with Crippen LogP contribution >= 0.6 is 24.8 Å². The number of aromatic nitrogens is 1. The number of nitrogens with zero attached hydrogens (tertiary/aromatic N) is 2. The van der Waals surface area contributed by atoms with Crippen LogP contribution in [0.15, 0.2) is 42.6 Å². The molecule has 29 heavy (non-hydrogen) atoms. The van der Waals surface area contributed by atoms with Crippen molar-refractivity contribution < 1.29 is 9.53 Å². The van der Waals surface area contributed by atoms with Gasteiger partial charge in [-0.15, -0.1) is 24.8 Å². The van der Waals surface area contributed by atoms with Crippen molar-refractivity contribution in [1.82, 2.24) is 15.2 Å². The number of benzene rings is 1. The normalized spacial score (nSPS) is 13.8. The minimum Gasteiger partial charge on any atom is -0.495 e. The van der Waals surface area contributed by atoms with Gasteiger partial charge in [-0.25, -0.2) is 4.98 Å². The van der Waals surface area contributed by atoms with Gasteiger partial charge < -0.3 is 20.3 Å². The van der Waals surface area contributed by atoms with Crippen LogP contribution in [0, 0.1) is 5.92 Å². The SMILES string of the molecule is CCNCC1CCN(C(=O)c2cccnc2Nc2ccccc2OC)CC1.Cl.Cl. The molecule has 1 aliphatic heterocycles. The van der Waals surface area contributed by atoms with E-state index >= 15 is 0 Å². The smallest absolute Gasteiger partial charge is 0.257 e. The van der Waals surface area contributed by atoms with E-state index in [1.807, 2.05) is 35.2 Å². The number of anilines is 2. The van der Waals surface area contributed by atoms with Crippen molar-refractivity contribution in [1.29, 1.82) is 0 Å². The van der Waals surface area contributed by atoms with Crippen molar-refractivity contribution in [2.75, 3.05) is 38.6 Å². The number of pyridine rings is 1. The third kappa shape index (κ3) is 6.49. The van der Waals surface area contributed by atoms with Crippen LogP contribution in [-0.4, -0.2) is 49.1 Å². The summed E-state index contributed by atoms with van der Waals surface area (Å²) in [7, 11) is 1.63. The second-order valence-electron chi connectivity index (χ2n) is 6.77. The van der Waals surface area contributed by atoms with E-state index in [1.165, 1.54) is 0 Å². The molecular weight excluding hydrogens is 411 g/mol. The summed E-state index contributed by atoms with van der Waals surface area (Å²) in [5.41, 5.74) is 1.38. The number of methoxy groups -OCH3 is 1. The van der Waals surface area contributed by atoms with Gasteiger partial charge in [0.25, 0.3) is 5.91 Å². The molecule has 1 saturated heterocycles. The monoisotopic (exact) mass is 440 g/mol. The molecule has 0 radical (unpaired) electrons. The molecule has 3 rings (SSSR count). The summed E-state index contributed by atoms with van der Waals surface area (Å²) < 4.78 is 5.39. The lowest BCUT2D eigenvalue weighted by Gasteiger charge is -2.32. The van der Waals surface area contributed by atoms with Crippen molar-refractivity contribution in [3.63, 3.8) is 0 Å². The van der Waals surface area contributed by atoms with Gasteiger partial charge in [0.05, 0.1) is 18.4 Å². The van der Waals surface area contributed by atoms with Crippen molar-refractivity contribution in [2.24, 2.45) is 5.92 Å². The van der Waals surface area contributed by atoms with Gasteiger partial charge in [0.1, 0.15) is 11.6 Å². The highest BCUT2D eigenvalue weighted by Crippen LogP contribution is 2.28. The van der Waals surface area contributed by atoms with Gasteiger partial charge in [-0.05, 0) is 56.1 Å². The van der Waals surface area contributed by atoms with Gasteiger partial charge in [0.2, 0.25) is 0 Å². The van der Waals surface area contributed by atoms with Crippen molar-refractivity contribution >= 4 is 42.2 Å². The number of rotatable bonds is 7. The zero-order valence-electron chi connectivity index (χ0n) is 16.9. The molecule has 0 atom stereocenters. The van der Waals surface area contributed by atoms with Gasteiger partial charge in [0, 0.05) is 19.3 Å². The number of amides is 1. The first-order valence-corrected chi connectivity index (χ1v) is 9.58. The van der Waals surface area contributed by atoms with E-state index in [2.05, 4.69) is 22.5 Å². The number of para-hydroxylation sites is 2. The summed E-state index contributed by atoms with van der Waals surface area (Å²) in [5.74, 6) is 1.95. The molecule has 0 unspecified atom stereocenters. The first-order chi connectivity index (χ1) is 13.2. The number of ether oxygens (including phenoxy) is 1. The van der Waals surface area contributed by atoms with Crippen LogP contribution in [-0.2, 0) is 0 Å². The Balaban J connectivity index is 0.00000210. The Morgan fingerprint density at radius 1 is 1.17 bits per heavy atom. The number of hydrogen-bond acceptors (Lipinski definition) is 5. The van der Waals surface area contributed by atoms with E-state index in [4.69, 9.17) is 4.74 Å². The summed E-state index contributed by atoms with van der Waals surface area (Å²) in [6.07, 6.45) is 3.76. The lowest BCUT2D eigenvalue weighted by Crippen LogP contribution is -2.41. The minimum absolute atomic E-state index is 0. The van der Waals surface area contributed by atoms with Crippen LogP contribution < -0.4 is 15.4 Å². The first kappa shape index (κ1) is 25.0. The molecule has 8 heteroatoms. The summed E-state index contributed by atoms with van der Waals surface area (Å²) in [5, 5.41) is 6.66. The van der Waals surface area contributed by atoms with Crippen molar-refractivity contribution in [2.45, 2.75) is 19.8 Å². The predicted molar refractivity (Wildman–Crippen MR) is 122 cm³/mol. The molecule has 0 bridgehead atoms. The molecule has 0 saturated carbocycles. The highest BCUT2D eigenvalue weighted by molar-refractivity contribution is 5.99. The van der Waals surface area contributed by atoms with Gasteiger partial charge in [-0.1, -0.05) is 19.1 Å². The van der Waals surface area contributed by atoms with Crippen LogP contribution in [0.1, 0.15) is 30.1 Å². The first-order valence-electron chi connectivity index (χ1n) is 9.58. The largest absolute Gasteiger partial charge is 0.495 e. The molecule has 1 amide bonds. The number of nitrogens with one attached hydrogen (secondary N) is 2. The highest BCUT2D eigenvalue weighted by Gasteiger charge is 2.25. The van der Waals surface area contributed by atoms with E-state index in [1.54, 1.807) is 19.4 Å². The fourth-order valence-electron chi connectivity index (χ4n) is 3.41. The number of likely N-dealkylation sites (tertiary alicyclic amines) is 1. The Morgan fingerprint density at radius 2 is 1.90 bits per heavy atom. The van der Waals surface area contributed by atoms with Gasteiger partial charge in [-0.3, -0.25) is 4.79 Å². The van der Waals surface area contributed by atoms with Crippen LogP contribution in [0.2, 0.25) is 0 Å². The van der Waals surface area contributed by atoms with Gasteiger partial charge in [0.15, 0.2) is 0 Å². The van der Waals surface area contributed by atoms with E-state index in [-0.39, 0.29) is 30.7 Å². The van der Waals surface area contributed by atoms with Crippen LogP contribution in [0.4, 0.5) is 11.5 Å². The summed E-state index contributed by atoms with van der Waals surface area (Å²) in [4.78, 5) is 19.4. The molecule has 1 aliphatic rings. The average Bonchev–Trinajstić information content (AvgIpc) is 2.73. The number of piperidine rings is 1. The highest BCUT2D eigenvalue weighted by atomic mass is 35.5. The molecule has 1 aromatic heterocycles. The molecule has 1 aromatic carbocycles. The Hall–Kier alpha value is -2.02. The molecule has 2 aromatic rings. The van der Waals surface area contributed by atoms with E-state index in [0.29, 0.717) is 23.0 Å². The lowest BCUT2D eigenvalue weighted by molar-refractivity contribution is 0.0691. The number of halogens is 2. The number of hydrogen-bond donors (Lipinski definition) is 2. The van der Waals surface area contributed by atoms with Crippen molar-refractivity contribution in [3.05, 3.63) is 48.2 Å².